The minimum Gasteiger partial charge on any atom is -0.481 e. The van der Waals surface area contributed by atoms with Crippen LogP contribution in [-0.4, -0.2) is 33.4 Å². The summed E-state index contributed by atoms with van der Waals surface area (Å²) in [4.78, 5) is 34.1. The zero-order chi connectivity index (χ0) is 21.0. The highest BCUT2D eigenvalue weighted by molar-refractivity contribution is 6.31. The van der Waals surface area contributed by atoms with Crippen molar-refractivity contribution in [2.75, 3.05) is 6.54 Å². The molecular weight excluding hydrogens is 413 g/mol. The molecule has 6 nitrogen and oxygen atoms in total. The van der Waals surface area contributed by atoms with Crippen LogP contribution in [0, 0.1) is 0 Å². The van der Waals surface area contributed by atoms with Gasteiger partial charge in [0.25, 0.3) is 11.5 Å². The zero-order valence-electron chi connectivity index (χ0n) is 16.1. The molecule has 0 bridgehead atoms. The molecule has 0 aliphatic carbocycles. The Kier molecular flexibility index (Phi) is 6.77. The lowest BCUT2D eigenvalue weighted by molar-refractivity contribution is -0.138. The Bertz CT molecular complexity index is 1070. The summed E-state index contributed by atoms with van der Waals surface area (Å²) in [6, 6.07) is 11.7. The molecule has 0 aliphatic heterocycles. The van der Waals surface area contributed by atoms with Crippen molar-refractivity contribution in [2.45, 2.75) is 32.9 Å². The van der Waals surface area contributed by atoms with E-state index in [1.54, 1.807) is 54.3 Å². The van der Waals surface area contributed by atoms with Crippen molar-refractivity contribution in [3.8, 4) is 5.75 Å². The van der Waals surface area contributed by atoms with Crippen LogP contribution >= 0.6 is 23.2 Å². The first-order valence-electron chi connectivity index (χ1n) is 9.27. The zero-order valence-corrected chi connectivity index (χ0v) is 17.6. The monoisotopic (exact) mass is 433 g/mol. The Morgan fingerprint density at radius 3 is 2.55 bits per heavy atom. The van der Waals surface area contributed by atoms with Gasteiger partial charge < -0.3 is 14.6 Å². The average Bonchev–Trinajstić information content (AvgIpc) is 2.68. The van der Waals surface area contributed by atoms with E-state index in [0.29, 0.717) is 39.1 Å². The van der Waals surface area contributed by atoms with Crippen molar-refractivity contribution < 1.29 is 9.53 Å². The molecule has 0 fully saturated rings. The predicted octanol–water partition coefficient (Wildman–Crippen LogP) is 4.44. The minimum atomic E-state index is -0.704. The van der Waals surface area contributed by atoms with Gasteiger partial charge in [0, 0.05) is 16.6 Å². The molecule has 0 saturated heterocycles. The van der Waals surface area contributed by atoms with Crippen molar-refractivity contribution in [3.63, 3.8) is 0 Å². The van der Waals surface area contributed by atoms with Gasteiger partial charge in [0.1, 0.15) is 11.6 Å². The number of rotatable bonds is 7. The van der Waals surface area contributed by atoms with Crippen molar-refractivity contribution in [2.24, 2.45) is 0 Å². The molecule has 1 unspecified atom stereocenters. The number of amides is 1. The first-order valence-corrected chi connectivity index (χ1v) is 10.0. The standard InChI is InChI=1S/C21H21Cl2N3O3/c1-3-10-26(21(28)13(2)29-16-7-4-14(22)5-8-16)12-19-24-18-11-15(23)6-9-17(18)20(27)25-19/h4-9,11,13H,3,10,12H2,1-2H3,(H,24,25,27). The molecule has 2 aromatic carbocycles. The molecule has 152 valence electrons. The fourth-order valence-corrected chi connectivity index (χ4v) is 3.27. The smallest absolute Gasteiger partial charge is 0.263 e. The Morgan fingerprint density at radius 1 is 1.17 bits per heavy atom. The molecule has 1 atom stereocenters. The van der Waals surface area contributed by atoms with Crippen LogP contribution in [-0.2, 0) is 11.3 Å². The van der Waals surface area contributed by atoms with Gasteiger partial charge in [-0.15, -0.1) is 0 Å². The number of halogens is 2. The Labute approximate surface area is 178 Å². The molecule has 0 radical (unpaired) electrons. The van der Waals surface area contributed by atoms with Crippen LogP contribution < -0.4 is 10.3 Å². The van der Waals surface area contributed by atoms with Gasteiger partial charge in [0.05, 0.1) is 17.4 Å². The fraction of sp³-hybridized carbons (Fsp3) is 0.286. The van der Waals surface area contributed by atoms with Gasteiger partial charge in [0.2, 0.25) is 0 Å². The normalized spacial score (nSPS) is 12.0. The number of aromatic amines is 1. The van der Waals surface area contributed by atoms with Crippen LogP contribution in [0.1, 0.15) is 26.1 Å². The van der Waals surface area contributed by atoms with Gasteiger partial charge in [-0.25, -0.2) is 4.98 Å². The summed E-state index contributed by atoms with van der Waals surface area (Å²) in [5.74, 6) is 0.750. The van der Waals surface area contributed by atoms with E-state index in [-0.39, 0.29) is 18.0 Å². The lowest BCUT2D eigenvalue weighted by atomic mass is 10.2. The maximum atomic E-state index is 12.9. The van der Waals surface area contributed by atoms with Crippen molar-refractivity contribution in [1.29, 1.82) is 0 Å². The first kappa shape index (κ1) is 21.1. The van der Waals surface area contributed by atoms with Crippen LogP contribution in [0.2, 0.25) is 10.0 Å². The van der Waals surface area contributed by atoms with E-state index in [2.05, 4.69) is 9.97 Å². The number of benzene rings is 2. The number of H-pyrrole nitrogens is 1. The summed E-state index contributed by atoms with van der Waals surface area (Å²) in [5, 5.41) is 1.54. The quantitative estimate of drug-likeness (QED) is 0.597. The van der Waals surface area contributed by atoms with E-state index in [9.17, 15) is 9.59 Å². The second-order valence-electron chi connectivity index (χ2n) is 6.65. The lowest BCUT2D eigenvalue weighted by Crippen LogP contribution is -2.41. The van der Waals surface area contributed by atoms with Crippen LogP contribution in [0.3, 0.4) is 0 Å². The van der Waals surface area contributed by atoms with E-state index in [1.165, 1.54) is 0 Å². The molecule has 3 rings (SSSR count). The fourth-order valence-electron chi connectivity index (χ4n) is 2.98. The summed E-state index contributed by atoms with van der Waals surface area (Å²) in [6.07, 6.45) is 0.0487. The van der Waals surface area contributed by atoms with Gasteiger partial charge in [-0.2, -0.15) is 0 Å². The van der Waals surface area contributed by atoms with Crippen LogP contribution in [0.15, 0.2) is 47.3 Å². The number of hydrogen-bond donors (Lipinski definition) is 1. The Balaban J connectivity index is 1.80. The van der Waals surface area contributed by atoms with Crippen molar-refractivity contribution in [1.82, 2.24) is 14.9 Å². The minimum absolute atomic E-state index is 0.165. The van der Waals surface area contributed by atoms with E-state index >= 15 is 0 Å². The highest BCUT2D eigenvalue weighted by atomic mass is 35.5. The maximum Gasteiger partial charge on any atom is 0.263 e. The predicted molar refractivity (Wildman–Crippen MR) is 115 cm³/mol. The molecule has 29 heavy (non-hydrogen) atoms. The molecule has 0 saturated carbocycles. The van der Waals surface area contributed by atoms with Crippen molar-refractivity contribution >= 4 is 40.0 Å². The summed E-state index contributed by atoms with van der Waals surface area (Å²) in [7, 11) is 0. The highest BCUT2D eigenvalue weighted by Gasteiger charge is 2.23. The maximum absolute atomic E-state index is 12.9. The number of carbonyl (C=O) groups excluding carboxylic acids is 1. The molecule has 1 N–H and O–H groups in total. The molecular formula is C21H21Cl2N3O3. The third kappa shape index (κ3) is 5.28. The summed E-state index contributed by atoms with van der Waals surface area (Å²) >= 11 is 11.9. The van der Waals surface area contributed by atoms with Gasteiger partial charge in [-0.3, -0.25) is 9.59 Å². The number of ether oxygens (including phenoxy) is 1. The summed E-state index contributed by atoms with van der Waals surface area (Å²) < 4.78 is 5.75. The van der Waals surface area contributed by atoms with E-state index in [4.69, 9.17) is 27.9 Å². The number of aromatic nitrogens is 2. The highest BCUT2D eigenvalue weighted by Crippen LogP contribution is 2.18. The molecule has 0 aliphatic rings. The largest absolute Gasteiger partial charge is 0.481 e. The summed E-state index contributed by atoms with van der Waals surface area (Å²) in [6.45, 7) is 4.33. The molecule has 1 heterocycles. The first-order chi connectivity index (χ1) is 13.9. The molecule has 3 aromatic rings. The van der Waals surface area contributed by atoms with E-state index < -0.39 is 6.10 Å². The number of fused-ring (bicyclic) bond motifs is 1. The Morgan fingerprint density at radius 2 is 1.86 bits per heavy atom. The third-order valence-corrected chi connectivity index (χ3v) is 4.82. The SMILES string of the molecule is CCCN(Cc1nc2cc(Cl)ccc2c(=O)[nH]1)C(=O)C(C)Oc1ccc(Cl)cc1. The van der Waals surface area contributed by atoms with Crippen LogP contribution in [0.25, 0.3) is 10.9 Å². The molecule has 8 heteroatoms. The second kappa shape index (κ2) is 9.29. The van der Waals surface area contributed by atoms with Gasteiger partial charge in [-0.1, -0.05) is 30.1 Å². The van der Waals surface area contributed by atoms with Crippen LogP contribution in [0.4, 0.5) is 0 Å². The second-order valence-corrected chi connectivity index (χ2v) is 7.52. The molecule has 1 aromatic heterocycles. The van der Waals surface area contributed by atoms with E-state index in [0.717, 1.165) is 6.42 Å². The third-order valence-electron chi connectivity index (χ3n) is 4.34. The Hall–Kier alpha value is -2.57. The van der Waals surface area contributed by atoms with E-state index in [1.807, 2.05) is 6.92 Å². The number of nitrogens with zero attached hydrogens (tertiary/aromatic N) is 2. The van der Waals surface area contributed by atoms with Crippen molar-refractivity contribution in [3.05, 3.63) is 68.7 Å². The van der Waals surface area contributed by atoms with Crippen LogP contribution in [0.5, 0.6) is 5.75 Å². The van der Waals surface area contributed by atoms with Gasteiger partial charge in [0.15, 0.2) is 6.10 Å². The summed E-state index contributed by atoms with van der Waals surface area (Å²) in [5.41, 5.74) is 0.224. The number of carbonyl (C=O) groups is 1. The van der Waals surface area contributed by atoms with Gasteiger partial charge >= 0.3 is 0 Å². The number of nitrogens with one attached hydrogen (secondary N) is 1. The molecule has 0 spiro atoms. The molecule has 1 amide bonds. The lowest BCUT2D eigenvalue weighted by Gasteiger charge is -2.25. The van der Waals surface area contributed by atoms with Gasteiger partial charge in [-0.05, 0) is 55.8 Å². The number of hydrogen-bond acceptors (Lipinski definition) is 4. The topological polar surface area (TPSA) is 75.3 Å². The average molecular weight is 434 g/mol.